The van der Waals surface area contributed by atoms with Crippen molar-refractivity contribution >= 4 is 34.9 Å². The fraction of sp³-hybridized carbons (Fsp3) is 0.375. The summed E-state index contributed by atoms with van der Waals surface area (Å²) in [5, 5.41) is 1.53. The smallest absolute Gasteiger partial charge is 0.156 e. The highest BCUT2D eigenvalue weighted by Crippen LogP contribution is 2.35. The first-order valence-corrected chi connectivity index (χ1v) is 8.72. The molecule has 1 aliphatic rings. The van der Waals surface area contributed by atoms with Crippen LogP contribution in [0.3, 0.4) is 0 Å². The summed E-state index contributed by atoms with van der Waals surface area (Å²) in [6.45, 7) is 2.04. The van der Waals surface area contributed by atoms with Gasteiger partial charge in [-0.2, -0.15) is 0 Å². The summed E-state index contributed by atoms with van der Waals surface area (Å²) in [5.74, 6) is 0.869. The molecule has 1 saturated heterocycles. The topological polar surface area (TPSA) is 55.0 Å². The Bertz CT molecular complexity index is 625. The molecule has 6 heteroatoms. The molecule has 0 unspecified atom stereocenters. The number of benzene rings is 1. The molecule has 0 amide bonds. The van der Waals surface area contributed by atoms with Crippen LogP contribution in [-0.4, -0.2) is 23.1 Å². The lowest BCUT2D eigenvalue weighted by atomic mass is 10.2. The molecular formula is C16H19ClN4S. The fourth-order valence-corrected chi connectivity index (χ4v) is 3.52. The Labute approximate surface area is 140 Å². The van der Waals surface area contributed by atoms with Gasteiger partial charge in [-0.25, -0.2) is 9.97 Å². The van der Waals surface area contributed by atoms with Gasteiger partial charge >= 0.3 is 0 Å². The van der Waals surface area contributed by atoms with Gasteiger partial charge in [0, 0.05) is 23.0 Å². The van der Waals surface area contributed by atoms with E-state index in [1.807, 2.05) is 24.3 Å². The Balaban J connectivity index is 1.83. The summed E-state index contributed by atoms with van der Waals surface area (Å²) < 4.78 is 0. The minimum Gasteiger partial charge on any atom is -0.394 e. The van der Waals surface area contributed by atoms with Crippen LogP contribution in [0, 0.1) is 0 Å². The van der Waals surface area contributed by atoms with Crippen molar-refractivity contribution in [3.8, 4) is 0 Å². The minimum absolute atomic E-state index is 0.671. The van der Waals surface area contributed by atoms with E-state index in [9.17, 15) is 0 Å². The van der Waals surface area contributed by atoms with E-state index in [4.69, 9.17) is 17.3 Å². The Hall–Kier alpha value is -1.46. The number of nitrogens with zero attached hydrogens (tertiary/aromatic N) is 3. The molecule has 1 aromatic heterocycles. The molecular weight excluding hydrogens is 316 g/mol. The fourth-order valence-electron chi connectivity index (χ4n) is 2.60. The number of nitrogens with two attached hydrogens (primary N) is 1. The van der Waals surface area contributed by atoms with E-state index in [1.165, 1.54) is 25.7 Å². The molecule has 2 aromatic rings. The van der Waals surface area contributed by atoms with Crippen LogP contribution in [0.5, 0.6) is 0 Å². The van der Waals surface area contributed by atoms with Crippen LogP contribution in [0.15, 0.2) is 40.5 Å². The van der Waals surface area contributed by atoms with Crippen LogP contribution in [0.1, 0.15) is 25.7 Å². The van der Waals surface area contributed by atoms with Crippen molar-refractivity contribution in [1.29, 1.82) is 0 Å². The van der Waals surface area contributed by atoms with E-state index < -0.39 is 0 Å². The molecule has 1 aromatic carbocycles. The van der Waals surface area contributed by atoms with Crippen LogP contribution in [-0.2, 0) is 0 Å². The highest BCUT2D eigenvalue weighted by Gasteiger charge is 2.17. The maximum absolute atomic E-state index is 6.33. The van der Waals surface area contributed by atoms with Crippen molar-refractivity contribution in [3.63, 3.8) is 0 Å². The van der Waals surface area contributed by atoms with Gasteiger partial charge in [0.1, 0.15) is 17.0 Å². The molecule has 0 spiro atoms. The first-order chi connectivity index (χ1) is 10.7. The Kier molecular flexibility index (Phi) is 5.05. The second-order valence-corrected chi connectivity index (χ2v) is 6.87. The summed E-state index contributed by atoms with van der Waals surface area (Å²) in [6, 6.07) is 7.69. The van der Waals surface area contributed by atoms with Crippen molar-refractivity contribution in [1.82, 2.24) is 9.97 Å². The average Bonchev–Trinajstić information content (AvgIpc) is 2.81. The Morgan fingerprint density at radius 3 is 2.36 bits per heavy atom. The lowest BCUT2D eigenvalue weighted by Gasteiger charge is -2.23. The summed E-state index contributed by atoms with van der Waals surface area (Å²) in [4.78, 5) is 12.1. The quantitative estimate of drug-likeness (QED) is 0.851. The summed E-state index contributed by atoms with van der Waals surface area (Å²) in [5.41, 5.74) is 7.00. The molecule has 0 saturated carbocycles. The van der Waals surface area contributed by atoms with Crippen molar-refractivity contribution in [2.24, 2.45) is 0 Å². The third kappa shape index (κ3) is 3.65. The SMILES string of the molecule is Nc1c(Sc2ccc(Cl)cc2)ncnc1N1CCCCCC1. The Morgan fingerprint density at radius 2 is 1.68 bits per heavy atom. The zero-order chi connectivity index (χ0) is 15.4. The molecule has 0 aliphatic carbocycles. The zero-order valence-electron chi connectivity index (χ0n) is 12.3. The normalized spacial score (nSPS) is 15.6. The van der Waals surface area contributed by atoms with Crippen LogP contribution in [0.2, 0.25) is 5.02 Å². The number of hydrogen-bond donors (Lipinski definition) is 1. The lowest BCUT2D eigenvalue weighted by Crippen LogP contribution is -2.26. The molecule has 2 N–H and O–H groups in total. The van der Waals surface area contributed by atoms with Crippen LogP contribution >= 0.6 is 23.4 Å². The van der Waals surface area contributed by atoms with E-state index in [1.54, 1.807) is 18.1 Å². The number of anilines is 2. The van der Waals surface area contributed by atoms with Gasteiger partial charge in [-0.3, -0.25) is 0 Å². The van der Waals surface area contributed by atoms with Crippen molar-refractivity contribution in [3.05, 3.63) is 35.6 Å². The molecule has 1 aliphatic heterocycles. The maximum Gasteiger partial charge on any atom is 0.156 e. The third-order valence-electron chi connectivity index (χ3n) is 3.76. The van der Waals surface area contributed by atoms with Crippen LogP contribution in [0.4, 0.5) is 11.5 Å². The number of aromatic nitrogens is 2. The van der Waals surface area contributed by atoms with Gasteiger partial charge in [-0.05, 0) is 37.1 Å². The monoisotopic (exact) mass is 334 g/mol. The molecule has 4 nitrogen and oxygen atoms in total. The van der Waals surface area contributed by atoms with E-state index in [2.05, 4.69) is 14.9 Å². The largest absolute Gasteiger partial charge is 0.394 e. The summed E-state index contributed by atoms with van der Waals surface area (Å²) in [7, 11) is 0. The number of hydrogen-bond acceptors (Lipinski definition) is 5. The number of halogens is 1. The van der Waals surface area contributed by atoms with Crippen molar-refractivity contribution in [2.45, 2.75) is 35.6 Å². The molecule has 3 rings (SSSR count). The predicted octanol–water partition coefficient (Wildman–Crippen LogP) is 4.24. The number of nitrogen functional groups attached to an aromatic ring is 1. The van der Waals surface area contributed by atoms with Gasteiger partial charge in [0.25, 0.3) is 0 Å². The van der Waals surface area contributed by atoms with Crippen molar-refractivity contribution < 1.29 is 0 Å². The molecule has 0 bridgehead atoms. The predicted molar refractivity (Wildman–Crippen MR) is 92.7 cm³/mol. The second kappa shape index (κ2) is 7.20. The highest BCUT2D eigenvalue weighted by atomic mass is 35.5. The average molecular weight is 335 g/mol. The standard InChI is InChI=1S/C16H19ClN4S/c17-12-5-7-13(8-6-12)22-16-14(18)15(19-11-20-16)21-9-3-1-2-4-10-21/h5-8,11H,1-4,9-10,18H2. The lowest BCUT2D eigenvalue weighted by molar-refractivity contribution is 0.726. The second-order valence-electron chi connectivity index (χ2n) is 5.37. The first kappa shape index (κ1) is 15.4. The molecule has 0 atom stereocenters. The van der Waals surface area contributed by atoms with E-state index in [0.717, 1.165) is 33.9 Å². The van der Waals surface area contributed by atoms with E-state index in [-0.39, 0.29) is 0 Å². The zero-order valence-corrected chi connectivity index (χ0v) is 13.9. The van der Waals surface area contributed by atoms with E-state index in [0.29, 0.717) is 5.69 Å². The molecule has 0 radical (unpaired) electrons. The Morgan fingerprint density at radius 1 is 1.00 bits per heavy atom. The third-order valence-corrected chi connectivity index (χ3v) is 5.04. The summed E-state index contributed by atoms with van der Waals surface area (Å²) in [6.07, 6.45) is 6.57. The van der Waals surface area contributed by atoms with Gasteiger partial charge in [-0.1, -0.05) is 36.2 Å². The molecule has 116 valence electrons. The van der Waals surface area contributed by atoms with Gasteiger partial charge in [-0.15, -0.1) is 0 Å². The van der Waals surface area contributed by atoms with Gasteiger partial charge in [0.05, 0.1) is 0 Å². The van der Waals surface area contributed by atoms with Crippen LogP contribution in [0.25, 0.3) is 0 Å². The van der Waals surface area contributed by atoms with E-state index >= 15 is 0 Å². The minimum atomic E-state index is 0.671. The summed E-state index contributed by atoms with van der Waals surface area (Å²) >= 11 is 7.47. The van der Waals surface area contributed by atoms with Crippen molar-refractivity contribution in [2.75, 3.05) is 23.7 Å². The van der Waals surface area contributed by atoms with Gasteiger partial charge < -0.3 is 10.6 Å². The number of rotatable bonds is 3. The molecule has 2 heterocycles. The highest BCUT2D eigenvalue weighted by molar-refractivity contribution is 7.99. The van der Waals surface area contributed by atoms with Gasteiger partial charge in [0.2, 0.25) is 0 Å². The first-order valence-electron chi connectivity index (χ1n) is 7.53. The van der Waals surface area contributed by atoms with Crippen LogP contribution < -0.4 is 10.6 Å². The maximum atomic E-state index is 6.33. The van der Waals surface area contributed by atoms with Gasteiger partial charge in [0.15, 0.2) is 5.82 Å². The molecule has 1 fully saturated rings. The molecule has 22 heavy (non-hydrogen) atoms.